The molecular formula is C25H23BrFNO3. The van der Waals surface area contributed by atoms with Crippen molar-refractivity contribution in [2.45, 2.75) is 25.1 Å². The summed E-state index contributed by atoms with van der Waals surface area (Å²) in [6.45, 7) is 2.33. The van der Waals surface area contributed by atoms with Crippen LogP contribution in [0.3, 0.4) is 0 Å². The Balaban J connectivity index is 1.76. The van der Waals surface area contributed by atoms with Gasteiger partial charge in [0.25, 0.3) is 5.91 Å². The van der Waals surface area contributed by atoms with Crippen molar-refractivity contribution in [1.29, 1.82) is 0 Å². The van der Waals surface area contributed by atoms with Gasteiger partial charge in [-0.3, -0.25) is 4.79 Å². The van der Waals surface area contributed by atoms with Crippen LogP contribution >= 0.6 is 15.9 Å². The highest BCUT2D eigenvalue weighted by Crippen LogP contribution is 2.41. The normalized spacial score (nSPS) is 21.2. The van der Waals surface area contributed by atoms with E-state index in [9.17, 15) is 9.18 Å². The number of carbonyl (C=O) groups excluding carboxylic acids is 1. The quantitative estimate of drug-likeness (QED) is 0.473. The summed E-state index contributed by atoms with van der Waals surface area (Å²) in [5.41, 5.74) is 1.14. The molecule has 0 bridgehead atoms. The van der Waals surface area contributed by atoms with E-state index in [-0.39, 0.29) is 18.3 Å². The number of benzene rings is 3. The molecule has 31 heavy (non-hydrogen) atoms. The van der Waals surface area contributed by atoms with Crippen LogP contribution in [0.25, 0.3) is 0 Å². The van der Waals surface area contributed by atoms with Gasteiger partial charge in [-0.05, 0) is 48.4 Å². The molecule has 0 radical (unpaired) electrons. The fraction of sp³-hybridized carbons (Fsp3) is 0.240. The first kappa shape index (κ1) is 21.5. The monoisotopic (exact) mass is 483 g/mol. The van der Waals surface area contributed by atoms with Crippen LogP contribution in [0.4, 0.5) is 4.39 Å². The summed E-state index contributed by atoms with van der Waals surface area (Å²) in [5.74, 6) is 0.162. The fourth-order valence-electron chi connectivity index (χ4n) is 3.95. The second kappa shape index (κ2) is 8.81. The van der Waals surface area contributed by atoms with Gasteiger partial charge in [0.1, 0.15) is 11.6 Å². The lowest BCUT2D eigenvalue weighted by Crippen LogP contribution is -2.56. The number of nitrogens with zero attached hydrogens (tertiary/aromatic N) is 1. The zero-order valence-electron chi connectivity index (χ0n) is 17.3. The van der Waals surface area contributed by atoms with Crippen molar-refractivity contribution in [1.82, 2.24) is 4.90 Å². The Morgan fingerprint density at radius 2 is 1.84 bits per heavy atom. The third kappa shape index (κ3) is 4.23. The number of carbonyl (C=O) groups is 1. The molecule has 1 fully saturated rings. The lowest BCUT2D eigenvalue weighted by molar-refractivity contribution is -0.173. The first-order valence-corrected chi connectivity index (χ1v) is 10.8. The highest BCUT2D eigenvalue weighted by molar-refractivity contribution is 9.10. The van der Waals surface area contributed by atoms with Gasteiger partial charge in [-0.1, -0.05) is 58.4 Å². The van der Waals surface area contributed by atoms with E-state index in [1.54, 1.807) is 24.1 Å². The summed E-state index contributed by atoms with van der Waals surface area (Å²) in [6.07, 6.45) is -0.734. The summed E-state index contributed by atoms with van der Waals surface area (Å²) >= 11 is 3.43. The molecule has 3 aromatic carbocycles. The molecule has 1 aliphatic rings. The highest BCUT2D eigenvalue weighted by atomic mass is 79.9. The van der Waals surface area contributed by atoms with Gasteiger partial charge in [0, 0.05) is 16.6 Å². The molecule has 160 valence electrons. The Kier molecular flexibility index (Phi) is 6.12. The summed E-state index contributed by atoms with van der Waals surface area (Å²) in [6, 6.07) is 21.7. The summed E-state index contributed by atoms with van der Waals surface area (Å²) < 4.78 is 27.0. The van der Waals surface area contributed by atoms with Crippen LogP contribution in [0, 0.1) is 5.82 Å². The maximum absolute atomic E-state index is 14.9. The second-order valence-electron chi connectivity index (χ2n) is 7.77. The third-order valence-corrected chi connectivity index (χ3v) is 6.22. The first-order valence-electron chi connectivity index (χ1n) is 9.99. The van der Waals surface area contributed by atoms with E-state index in [0.717, 1.165) is 21.3 Å². The van der Waals surface area contributed by atoms with Crippen LogP contribution < -0.4 is 4.74 Å². The predicted molar refractivity (Wildman–Crippen MR) is 120 cm³/mol. The Bertz CT molecular complexity index is 1070. The molecule has 0 spiro atoms. The van der Waals surface area contributed by atoms with E-state index in [1.165, 1.54) is 6.07 Å². The molecule has 1 saturated heterocycles. The van der Waals surface area contributed by atoms with Crippen LogP contribution in [-0.2, 0) is 21.6 Å². The molecule has 2 atom stereocenters. The van der Waals surface area contributed by atoms with Crippen LogP contribution in [0.1, 0.15) is 29.7 Å². The molecule has 2 unspecified atom stereocenters. The number of morpholine rings is 1. The van der Waals surface area contributed by atoms with Crippen LogP contribution in [0.5, 0.6) is 5.75 Å². The van der Waals surface area contributed by atoms with Gasteiger partial charge in [0.05, 0.1) is 19.3 Å². The van der Waals surface area contributed by atoms with E-state index in [4.69, 9.17) is 9.47 Å². The second-order valence-corrected chi connectivity index (χ2v) is 8.69. The predicted octanol–water partition coefficient (Wildman–Crippen LogP) is 5.61. The maximum Gasteiger partial charge on any atom is 0.257 e. The minimum absolute atomic E-state index is 0.168. The molecule has 4 rings (SSSR count). The summed E-state index contributed by atoms with van der Waals surface area (Å²) in [5, 5.41) is 0. The summed E-state index contributed by atoms with van der Waals surface area (Å²) in [7, 11) is 1.61. The highest BCUT2D eigenvalue weighted by Gasteiger charge is 2.47. The van der Waals surface area contributed by atoms with Crippen molar-refractivity contribution in [2.24, 2.45) is 0 Å². The number of rotatable bonds is 5. The molecule has 0 aromatic heterocycles. The molecule has 0 aliphatic carbocycles. The zero-order chi connectivity index (χ0) is 22.0. The SMILES string of the molecule is COc1ccc(CN2C(=O)C(c3ccccc3)OCC2(C)c2cc(Br)ccc2F)cc1. The number of methoxy groups -OCH3 is 1. The number of hydrogen-bond acceptors (Lipinski definition) is 3. The lowest BCUT2D eigenvalue weighted by atomic mass is 9.87. The smallest absolute Gasteiger partial charge is 0.257 e. The van der Waals surface area contributed by atoms with Crippen molar-refractivity contribution >= 4 is 21.8 Å². The van der Waals surface area contributed by atoms with Gasteiger partial charge in [-0.15, -0.1) is 0 Å². The first-order chi connectivity index (χ1) is 14.9. The van der Waals surface area contributed by atoms with Crippen molar-refractivity contribution < 1.29 is 18.7 Å². The van der Waals surface area contributed by atoms with E-state index in [2.05, 4.69) is 15.9 Å². The standard InChI is InChI=1S/C25H23BrFNO3/c1-25(21-14-19(26)10-13-22(21)27)16-31-23(18-6-4-3-5-7-18)24(29)28(25)15-17-8-11-20(30-2)12-9-17/h3-14,23H,15-16H2,1-2H3. The Morgan fingerprint density at radius 1 is 1.13 bits per heavy atom. The molecule has 0 saturated carbocycles. The van der Waals surface area contributed by atoms with Crippen molar-refractivity contribution in [3.05, 3.63) is 99.8 Å². The minimum Gasteiger partial charge on any atom is -0.497 e. The van der Waals surface area contributed by atoms with Gasteiger partial charge in [0.15, 0.2) is 6.10 Å². The number of amides is 1. The Labute approximate surface area is 189 Å². The van der Waals surface area contributed by atoms with Crippen LogP contribution in [-0.4, -0.2) is 24.5 Å². The lowest BCUT2D eigenvalue weighted by Gasteiger charge is -2.47. The van der Waals surface area contributed by atoms with Gasteiger partial charge in [0.2, 0.25) is 0 Å². The van der Waals surface area contributed by atoms with E-state index < -0.39 is 11.6 Å². The molecule has 4 nitrogen and oxygen atoms in total. The average molecular weight is 484 g/mol. The zero-order valence-corrected chi connectivity index (χ0v) is 18.9. The maximum atomic E-state index is 14.9. The number of halogens is 2. The Morgan fingerprint density at radius 3 is 2.52 bits per heavy atom. The van der Waals surface area contributed by atoms with Crippen LogP contribution in [0.15, 0.2) is 77.3 Å². The topological polar surface area (TPSA) is 38.8 Å². The van der Waals surface area contributed by atoms with Gasteiger partial charge >= 0.3 is 0 Å². The van der Waals surface area contributed by atoms with Crippen LogP contribution in [0.2, 0.25) is 0 Å². The van der Waals surface area contributed by atoms with E-state index in [1.807, 2.05) is 61.5 Å². The average Bonchev–Trinajstić information content (AvgIpc) is 2.79. The molecule has 1 heterocycles. The van der Waals surface area contributed by atoms with Gasteiger partial charge in [-0.2, -0.15) is 0 Å². The molecule has 1 aliphatic heterocycles. The number of ether oxygens (including phenoxy) is 2. The molecule has 0 N–H and O–H groups in total. The Hall–Kier alpha value is -2.70. The molecule has 6 heteroatoms. The molecular weight excluding hydrogens is 461 g/mol. The third-order valence-electron chi connectivity index (χ3n) is 5.73. The minimum atomic E-state index is -0.976. The van der Waals surface area contributed by atoms with Gasteiger partial charge in [-0.25, -0.2) is 4.39 Å². The van der Waals surface area contributed by atoms with Crippen molar-refractivity contribution in [3.8, 4) is 5.75 Å². The fourth-order valence-corrected chi connectivity index (χ4v) is 4.31. The van der Waals surface area contributed by atoms with Gasteiger partial charge < -0.3 is 14.4 Å². The number of hydrogen-bond donors (Lipinski definition) is 0. The van der Waals surface area contributed by atoms with Crippen molar-refractivity contribution in [2.75, 3.05) is 13.7 Å². The largest absolute Gasteiger partial charge is 0.497 e. The van der Waals surface area contributed by atoms with E-state index >= 15 is 0 Å². The summed E-state index contributed by atoms with van der Waals surface area (Å²) in [4.78, 5) is 15.4. The molecule has 3 aromatic rings. The molecule has 1 amide bonds. The van der Waals surface area contributed by atoms with E-state index in [0.29, 0.717) is 12.1 Å². The van der Waals surface area contributed by atoms with Crippen molar-refractivity contribution in [3.63, 3.8) is 0 Å².